The number of aliphatic carboxylic acids is 1. The van der Waals surface area contributed by atoms with Crippen molar-refractivity contribution in [2.24, 2.45) is 0 Å². The first kappa shape index (κ1) is 15.5. The van der Waals surface area contributed by atoms with E-state index in [0.29, 0.717) is 29.2 Å². The second kappa shape index (κ2) is 5.81. The Hall–Kier alpha value is -3.02. The van der Waals surface area contributed by atoms with Crippen LogP contribution < -0.4 is 9.47 Å². The van der Waals surface area contributed by atoms with Crippen molar-refractivity contribution in [3.63, 3.8) is 0 Å². The molecule has 2 heterocycles. The summed E-state index contributed by atoms with van der Waals surface area (Å²) in [6, 6.07) is 11.7. The van der Waals surface area contributed by atoms with Gasteiger partial charge in [0.05, 0.1) is 6.04 Å². The number of hydrogen-bond donors (Lipinski definition) is 1. The number of carboxylic acid groups (broad SMARTS) is 1. The number of carbonyl (C=O) groups excluding carboxylic acids is 1. The number of likely N-dealkylation sites (N-methyl/N-ethyl adjacent to an activating group) is 1. The molecule has 2 atom stereocenters. The Morgan fingerprint density at radius 1 is 1.20 bits per heavy atom. The molecule has 0 saturated carbocycles. The summed E-state index contributed by atoms with van der Waals surface area (Å²) in [5.41, 5.74) is 1.72. The zero-order valence-corrected chi connectivity index (χ0v) is 13.6. The highest BCUT2D eigenvalue weighted by atomic mass is 16.7. The van der Waals surface area contributed by atoms with E-state index in [9.17, 15) is 14.7 Å². The summed E-state index contributed by atoms with van der Waals surface area (Å²) >= 11 is 0. The predicted octanol–water partition coefficient (Wildman–Crippen LogP) is 2.80. The molecular weight excluding hydrogens is 322 g/mol. The molecule has 0 saturated heterocycles. The summed E-state index contributed by atoms with van der Waals surface area (Å²) in [6.07, 6.45) is 0. The Labute approximate surface area is 144 Å². The molecule has 6 nitrogen and oxygen atoms in total. The van der Waals surface area contributed by atoms with Gasteiger partial charge in [-0.2, -0.15) is 0 Å². The standard InChI is InChI=1S/C19H17NO5/c1-2-20-17(11-7-8-14-15(9-11)25-10-24-14)16(19(22)23)12-5-3-4-6-13(12)18(20)21/h3-9,16-17H,2,10H2,1H3,(H,22,23)/t16-,17-/m1/s1. The van der Waals surface area contributed by atoms with E-state index in [4.69, 9.17) is 9.47 Å². The van der Waals surface area contributed by atoms with Gasteiger partial charge in [0, 0.05) is 12.1 Å². The normalized spacial score (nSPS) is 21.2. The molecule has 0 radical (unpaired) electrons. The van der Waals surface area contributed by atoms with E-state index in [1.807, 2.05) is 6.92 Å². The third kappa shape index (κ3) is 2.33. The summed E-state index contributed by atoms with van der Waals surface area (Å²) in [6.45, 7) is 2.41. The topological polar surface area (TPSA) is 76.1 Å². The van der Waals surface area contributed by atoms with Crippen LogP contribution in [0.4, 0.5) is 0 Å². The molecule has 0 bridgehead atoms. The molecule has 6 heteroatoms. The van der Waals surface area contributed by atoms with Crippen molar-refractivity contribution >= 4 is 11.9 Å². The molecule has 0 spiro atoms. The van der Waals surface area contributed by atoms with Crippen LogP contribution in [0.25, 0.3) is 0 Å². The Balaban J connectivity index is 1.89. The maximum absolute atomic E-state index is 12.9. The molecule has 2 aliphatic heterocycles. The summed E-state index contributed by atoms with van der Waals surface area (Å²) in [7, 11) is 0. The van der Waals surface area contributed by atoms with Gasteiger partial charge in [0.15, 0.2) is 11.5 Å². The first-order valence-corrected chi connectivity index (χ1v) is 8.14. The lowest BCUT2D eigenvalue weighted by molar-refractivity contribution is -0.140. The van der Waals surface area contributed by atoms with Gasteiger partial charge in [-0.1, -0.05) is 24.3 Å². The second-order valence-corrected chi connectivity index (χ2v) is 6.05. The maximum Gasteiger partial charge on any atom is 0.313 e. The number of hydrogen-bond acceptors (Lipinski definition) is 4. The average Bonchev–Trinajstić information content (AvgIpc) is 3.09. The average molecular weight is 339 g/mol. The van der Waals surface area contributed by atoms with E-state index in [1.165, 1.54) is 0 Å². The largest absolute Gasteiger partial charge is 0.481 e. The predicted molar refractivity (Wildman–Crippen MR) is 88.8 cm³/mol. The van der Waals surface area contributed by atoms with E-state index in [1.54, 1.807) is 47.4 Å². The van der Waals surface area contributed by atoms with E-state index < -0.39 is 17.9 Å². The molecule has 2 aliphatic rings. The number of nitrogens with zero attached hydrogens (tertiary/aromatic N) is 1. The molecule has 0 fully saturated rings. The lowest BCUT2D eigenvalue weighted by atomic mass is 9.79. The van der Waals surface area contributed by atoms with Crippen molar-refractivity contribution in [2.75, 3.05) is 13.3 Å². The summed E-state index contributed by atoms with van der Waals surface area (Å²) in [5.74, 6) is -0.751. The van der Waals surface area contributed by atoms with E-state index >= 15 is 0 Å². The molecule has 1 amide bonds. The van der Waals surface area contributed by atoms with Crippen molar-refractivity contribution in [3.8, 4) is 11.5 Å². The molecule has 4 rings (SSSR count). The van der Waals surface area contributed by atoms with Gasteiger partial charge in [0.2, 0.25) is 6.79 Å². The highest BCUT2D eigenvalue weighted by molar-refractivity contribution is 6.00. The van der Waals surface area contributed by atoms with Gasteiger partial charge in [0.25, 0.3) is 5.91 Å². The zero-order chi connectivity index (χ0) is 17.6. The van der Waals surface area contributed by atoms with Crippen molar-refractivity contribution in [2.45, 2.75) is 18.9 Å². The number of benzene rings is 2. The smallest absolute Gasteiger partial charge is 0.313 e. The molecule has 2 aromatic carbocycles. The van der Waals surface area contributed by atoms with Crippen LogP contribution in [0.1, 0.15) is 40.4 Å². The molecule has 0 aliphatic carbocycles. The first-order chi connectivity index (χ1) is 12.1. The van der Waals surface area contributed by atoms with Gasteiger partial charge in [-0.05, 0) is 36.2 Å². The minimum atomic E-state index is -0.957. The molecule has 1 N–H and O–H groups in total. The molecular formula is C19H17NO5. The van der Waals surface area contributed by atoms with Crippen molar-refractivity contribution in [1.29, 1.82) is 0 Å². The van der Waals surface area contributed by atoms with Crippen LogP contribution in [0.2, 0.25) is 0 Å². The van der Waals surface area contributed by atoms with E-state index in [2.05, 4.69) is 0 Å². The van der Waals surface area contributed by atoms with Crippen molar-refractivity contribution in [3.05, 3.63) is 59.2 Å². The number of carboxylic acids is 1. The number of amides is 1. The first-order valence-electron chi connectivity index (χ1n) is 8.14. The number of carbonyl (C=O) groups is 2. The van der Waals surface area contributed by atoms with Crippen molar-refractivity contribution < 1.29 is 24.2 Å². The summed E-state index contributed by atoms with van der Waals surface area (Å²) in [4.78, 5) is 26.6. The Morgan fingerprint density at radius 3 is 2.72 bits per heavy atom. The quantitative estimate of drug-likeness (QED) is 0.930. The summed E-state index contributed by atoms with van der Waals surface area (Å²) < 4.78 is 10.7. The van der Waals surface area contributed by atoms with Crippen LogP contribution in [0.3, 0.4) is 0 Å². The van der Waals surface area contributed by atoms with Crippen LogP contribution in [0.5, 0.6) is 11.5 Å². The highest BCUT2D eigenvalue weighted by Gasteiger charge is 2.43. The van der Waals surface area contributed by atoms with Gasteiger partial charge in [-0.15, -0.1) is 0 Å². The Morgan fingerprint density at radius 2 is 1.96 bits per heavy atom. The minimum absolute atomic E-state index is 0.144. The van der Waals surface area contributed by atoms with Crippen molar-refractivity contribution in [1.82, 2.24) is 4.90 Å². The number of ether oxygens (including phenoxy) is 2. The van der Waals surface area contributed by atoms with E-state index in [-0.39, 0.29) is 12.7 Å². The third-order valence-corrected chi connectivity index (χ3v) is 4.78. The molecule has 128 valence electrons. The molecule has 2 aromatic rings. The Kier molecular flexibility index (Phi) is 3.60. The fourth-order valence-electron chi connectivity index (χ4n) is 3.67. The maximum atomic E-state index is 12.9. The van der Waals surface area contributed by atoms with Gasteiger partial charge in [0.1, 0.15) is 5.92 Å². The minimum Gasteiger partial charge on any atom is -0.481 e. The summed E-state index contributed by atoms with van der Waals surface area (Å²) in [5, 5.41) is 9.92. The van der Waals surface area contributed by atoms with Crippen LogP contribution in [-0.2, 0) is 4.79 Å². The third-order valence-electron chi connectivity index (χ3n) is 4.78. The Bertz CT molecular complexity index is 863. The van der Waals surface area contributed by atoms with Gasteiger partial charge >= 0.3 is 5.97 Å². The SMILES string of the molecule is CCN1C(=O)c2ccccc2[C@@H](C(=O)O)[C@H]1c1ccc2c(c1)OCO2. The highest BCUT2D eigenvalue weighted by Crippen LogP contribution is 2.45. The number of fused-ring (bicyclic) bond motifs is 2. The molecule has 25 heavy (non-hydrogen) atoms. The lowest BCUT2D eigenvalue weighted by Gasteiger charge is -2.40. The van der Waals surface area contributed by atoms with Crippen LogP contribution in [0.15, 0.2) is 42.5 Å². The fourth-order valence-corrected chi connectivity index (χ4v) is 3.67. The monoisotopic (exact) mass is 339 g/mol. The fraction of sp³-hybridized carbons (Fsp3) is 0.263. The van der Waals surface area contributed by atoms with Crippen LogP contribution in [0, 0.1) is 0 Å². The number of rotatable bonds is 3. The molecule has 0 aromatic heterocycles. The van der Waals surface area contributed by atoms with Gasteiger partial charge in [-0.25, -0.2) is 0 Å². The second-order valence-electron chi connectivity index (χ2n) is 6.05. The molecule has 0 unspecified atom stereocenters. The van der Waals surface area contributed by atoms with Crippen LogP contribution in [-0.4, -0.2) is 35.2 Å². The lowest BCUT2D eigenvalue weighted by Crippen LogP contribution is -2.44. The van der Waals surface area contributed by atoms with E-state index in [0.717, 1.165) is 5.56 Å². The van der Waals surface area contributed by atoms with Gasteiger partial charge in [-0.3, -0.25) is 9.59 Å². The van der Waals surface area contributed by atoms with Gasteiger partial charge < -0.3 is 19.5 Å². The van der Waals surface area contributed by atoms with Crippen LogP contribution >= 0.6 is 0 Å². The zero-order valence-electron chi connectivity index (χ0n) is 13.6.